The van der Waals surface area contributed by atoms with E-state index in [4.69, 9.17) is 36.2 Å². The fraction of sp³-hybridized carbons (Fsp3) is 0.500. The molecule has 240 valence electrons. The standard InChI is InChI=1S/C32H37ClN10O3/c1-21(15-41-20-35-19-38-41)46-30-12-22(2-9-28(30)33)23-13-36-32(37-14-23)39-29-16-42(40-31(29)45-11-10-34)24-3-5-25(6-4-24)43-26-7-8-27(43)18-44-17-26/h2,9,12-14,16,19-21,24-27H,3-8,11,15,17-18H2,1H3,(H,36,37,39)/t21?,24?,25?,26-,27+. The molecule has 46 heavy (non-hydrogen) atoms. The van der Waals surface area contributed by atoms with Crippen molar-refractivity contribution in [3.8, 4) is 28.8 Å². The van der Waals surface area contributed by atoms with Crippen LogP contribution in [0.25, 0.3) is 11.1 Å². The summed E-state index contributed by atoms with van der Waals surface area (Å²) in [6, 6.07) is 9.64. The third-order valence-electron chi connectivity index (χ3n) is 9.13. The number of anilines is 2. The first-order valence-corrected chi connectivity index (χ1v) is 16.2. The molecule has 0 amide bonds. The second-order valence-electron chi connectivity index (χ2n) is 12.2. The lowest BCUT2D eigenvalue weighted by molar-refractivity contribution is -0.0458. The van der Waals surface area contributed by atoms with E-state index in [9.17, 15) is 0 Å². The molecule has 14 heteroatoms. The van der Waals surface area contributed by atoms with Crippen LogP contribution in [-0.4, -0.2) is 83.5 Å². The molecule has 0 spiro atoms. The average Bonchev–Trinajstić information content (AvgIpc) is 3.79. The molecule has 1 aromatic carbocycles. The van der Waals surface area contributed by atoms with E-state index >= 15 is 0 Å². The van der Waals surface area contributed by atoms with Gasteiger partial charge in [-0.15, -0.1) is 5.10 Å². The van der Waals surface area contributed by atoms with E-state index in [0.29, 0.717) is 53.0 Å². The molecule has 1 aliphatic carbocycles. The summed E-state index contributed by atoms with van der Waals surface area (Å²) in [6.45, 7) is 4.12. The molecule has 2 aliphatic heterocycles. The second-order valence-corrected chi connectivity index (χ2v) is 12.6. The van der Waals surface area contributed by atoms with Gasteiger partial charge in [0, 0.05) is 36.1 Å². The SMILES string of the molecule is CC(Cn1cncn1)Oc1cc(-c2cnc(Nc3cn(C4CCC(N5[C@@H]6CC[C@H]5COC6)CC4)nc3OCC#N)nc2)ccc1Cl. The van der Waals surface area contributed by atoms with Crippen LogP contribution in [0.1, 0.15) is 51.5 Å². The van der Waals surface area contributed by atoms with Crippen LogP contribution in [0.4, 0.5) is 11.6 Å². The summed E-state index contributed by atoms with van der Waals surface area (Å²) in [5, 5.41) is 21.8. The number of hydrogen-bond acceptors (Lipinski definition) is 11. The average molecular weight is 645 g/mol. The highest BCUT2D eigenvalue weighted by molar-refractivity contribution is 6.32. The second kappa shape index (κ2) is 13.6. The molecule has 13 nitrogen and oxygen atoms in total. The Morgan fingerprint density at radius 2 is 1.78 bits per heavy atom. The molecule has 2 bridgehead atoms. The molecule has 3 aliphatic rings. The number of nitrogens with zero attached hydrogens (tertiary/aromatic N) is 9. The van der Waals surface area contributed by atoms with Crippen molar-refractivity contribution in [3.63, 3.8) is 0 Å². The van der Waals surface area contributed by atoms with Gasteiger partial charge < -0.3 is 19.5 Å². The van der Waals surface area contributed by atoms with E-state index in [0.717, 1.165) is 50.0 Å². The van der Waals surface area contributed by atoms with E-state index in [2.05, 4.69) is 30.3 Å². The Labute approximate surface area is 272 Å². The minimum atomic E-state index is -0.175. The van der Waals surface area contributed by atoms with E-state index in [1.165, 1.54) is 19.2 Å². The van der Waals surface area contributed by atoms with Gasteiger partial charge in [-0.3, -0.25) is 9.58 Å². The highest BCUT2D eigenvalue weighted by atomic mass is 35.5. The predicted molar refractivity (Wildman–Crippen MR) is 170 cm³/mol. The van der Waals surface area contributed by atoms with Crippen molar-refractivity contribution in [1.82, 2.24) is 39.4 Å². The van der Waals surface area contributed by atoms with Gasteiger partial charge in [-0.2, -0.15) is 10.4 Å². The smallest absolute Gasteiger partial charge is 0.257 e. The Balaban J connectivity index is 1.01. The third kappa shape index (κ3) is 6.65. The van der Waals surface area contributed by atoms with Crippen LogP contribution in [-0.2, 0) is 11.3 Å². The number of aromatic nitrogens is 7. The zero-order chi connectivity index (χ0) is 31.5. The molecular weight excluding hydrogens is 608 g/mol. The van der Waals surface area contributed by atoms with Gasteiger partial charge >= 0.3 is 0 Å². The molecule has 3 atom stereocenters. The first-order chi connectivity index (χ1) is 22.5. The summed E-state index contributed by atoms with van der Waals surface area (Å²) in [4.78, 5) is 15.8. The Morgan fingerprint density at radius 1 is 1.04 bits per heavy atom. The lowest BCUT2D eigenvalue weighted by Gasteiger charge is -2.43. The maximum Gasteiger partial charge on any atom is 0.257 e. The van der Waals surface area contributed by atoms with Crippen molar-refractivity contribution < 1.29 is 14.2 Å². The Hall–Kier alpha value is -4.25. The van der Waals surface area contributed by atoms with Crippen molar-refractivity contribution in [3.05, 3.63) is 54.5 Å². The molecule has 7 rings (SSSR count). The van der Waals surface area contributed by atoms with Crippen LogP contribution < -0.4 is 14.8 Å². The monoisotopic (exact) mass is 644 g/mol. The summed E-state index contributed by atoms with van der Waals surface area (Å²) in [5.41, 5.74) is 2.29. The van der Waals surface area contributed by atoms with Crippen molar-refractivity contribution in [2.24, 2.45) is 0 Å². The van der Waals surface area contributed by atoms with E-state index in [1.54, 1.807) is 29.5 Å². The minimum absolute atomic E-state index is 0.101. The zero-order valence-electron chi connectivity index (χ0n) is 25.7. The molecule has 2 saturated heterocycles. The Morgan fingerprint density at radius 3 is 2.50 bits per heavy atom. The fourth-order valence-electron chi connectivity index (χ4n) is 7.01. The van der Waals surface area contributed by atoms with Crippen LogP contribution in [0.2, 0.25) is 5.02 Å². The number of halogens is 1. The first kappa shape index (κ1) is 30.4. The summed E-state index contributed by atoms with van der Waals surface area (Å²) in [7, 11) is 0. The largest absolute Gasteiger partial charge is 0.487 e. The van der Waals surface area contributed by atoms with Gasteiger partial charge in [-0.05, 0) is 63.1 Å². The number of benzene rings is 1. The van der Waals surface area contributed by atoms with Crippen molar-refractivity contribution in [2.75, 3.05) is 25.1 Å². The van der Waals surface area contributed by atoms with Crippen LogP contribution in [0, 0.1) is 11.3 Å². The molecule has 3 aromatic heterocycles. The van der Waals surface area contributed by atoms with Gasteiger partial charge in [-0.1, -0.05) is 17.7 Å². The lowest BCUT2D eigenvalue weighted by atomic mass is 9.89. The van der Waals surface area contributed by atoms with Crippen LogP contribution in [0.5, 0.6) is 11.6 Å². The lowest BCUT2D eigenvalue weighted by Crippen LogP contribution is -2.52. The summed E-state index contributed by atoms with van der Waals surface area (Å²) in [6.07, 6.45) is 15.2. The summed E-state index contributed by atoms with van der Waals surface area (Å²) >= 11 is 6.44. The molecule has 0 radical (unpaired) electrons. The third-order valence-corrected chi connectivity index (χ3v) is 9.44. The fourth-order valence-corrected chi connectivity index (χ4v) is 7.17. The number of nitrogens with one attached hydrogen (secondary N) is 1. The maximum absolute atomic E-state index is 9.15. The minimum Gasteiger partial charge on any atom is -0.487 e. The van der Waals surface area contributed by atoms with Crippen LogP contribution in [0.3, 0.4) is 0 Å². The van der Waals surface area contributed by atoms with Gasteiger partial charge in [0.15, 0.2) is 6.61 Å². The predicted octanol–water partition coefficient (Wildman–Crippen LogP) is 5.05. The van der Waals surface area contributed by atoms with E-state index in [1.807, 2.05) is 36.0 Å². The highest BCUT2D eigenvalue weighted by Crippen LogP contribution is 2.39. The summed E-state index contributed by atoms with van der Waals surface area (Å²) in [5.74, 6) is 1.32. The van der Waals surface area contributed by atoms with E-state index in [-0.39, 0.29) is 18.8 Å². The normalized spacial score (nSPS) is 23.5. The van der Waals surface area contributed by atoms with Crippen molar-refractivity contribution in [1.29, 1.82) is 5.26 Å². The van der Waals surface area contributed by atoms with Gasteiger partial charge in [0.1, 0.15) is 36.3 Å². The molecule has 4 aromatic rings. The molecule has 3 fully saturated rings. The van der Waals surface area contributed by atoms with Crippen molar-refractivity contribution in [2.45, 2.75) is 82.3 Å². The maximum atomic E-state index is 9.15. The number of ether oxygens (including phenoxy) is 3. The number of morpholine rings is 1. The van der Waals surface area contributed by atoms with Gasteiger partial charge in [0.05, 0.1) is 37.0 Å². The number of hydrogen-bond donors (Lipinski definition) is 1. The van der Waals surface area contributed by atoms with Gasteiger partial charge in [0.2, 0.25) is 5.95 Å². The topological polar surface area (TPSA) is 141 Å². The molecular formula is C32H37ClN10O3. The molecule has 1 N–H and O–H groups in total. The molecule has 1 unspecified atom stereocenters. The van der Waals surface area contributed by atoms with E-state index < -0.39 is 0 Å². The highest BCUT2D eigenvalue weighted by Gasteiger charge is 2.42. The van der Waals surface area contributed by atoms with Crippen LogP contribution in [0.15, 0.2) is 49.4 Å². The zero-order valence-corrected chi connectivity index (χ0v) is 26.5. The van der Waals surface area contributed by atoms with Gasteiger partial charge in [-0.25, -0.2) is 19.6 Å². The Bertz CT molecular complexity index is 1630. The molecule has 5 heterocycles. The quantitative estimate of drug-likeness (QED) is 0.235. The Kier molecular flexibility index (Phi) is 9.00. The number of rotatable bonds is 11. The van der Waals surface area contributed by atoms with Crippen LogP contribution >= 0.6 is 11.6 Å². The first-order valence-electron chi connectivity index (χ1n) is 15.9. The molecule has 1 saturated carbocycles. The number of fused-ring (bicyclic) bond motifs is 2. The van der Waals surface area contributed by atoms with Gasteiger partial charge in [0.25, 0.3) is 5.88 Å². The number of nitriles is 1. The van der Waals surface area contributed by atoms with Crippen molar-refractivity contribution >= 4 is 23.2 Å². The summed E-state index contributed by atoms with van der Waals surface area (Å²) < 4.78 is 21.3.